The number of aromatic hydroxyl groups is 3. The standard InChI is InChI=1S/C19H15N3O4/c23-15-10-13(11-16(24)18(15)25)19(26)22-21-17(12-6-2-1-3-7-12)14-8-4-5-9-20-14/h1-11,23-25H,(H,22,26)/b21-17+. The highest BCUT2D eigenvalue weighted by Gasteiger charge is 2.14. The molecule has 0 saturated heterocycles. The molecule has 0 spiro atoms. The molecule has 1 aromatic heterocycles. The average molecular weight is 349 g/mol. The van der Waals surface area contributed by atoms with Gasteiger partial charge in [-0.2, -0.15) is 5.10 Å². The van der Waals surface area contributed by atoms with Crippen molar-refractivity contribution in [2.24, 2.45) is 5.10 Å². The first kappa shape index (κ1) is 17.0. The molecule has 1 heterocycles. The minimum absolute atomic E-state index is 0.0602. The summed E-state index contributed by atoms with van der Waals surface area (Å²) in [7, 11) is 0. The summed E-state index contributed by atoms with van der Waals surface area (Å²) in [6.07, 6.45) is 1.62. The van der Waals surface area contributed by atoms with Gasteiger partial charge in [-0.25, -0.2) is 5.43 Å². The van der Waals surface area contributed by atoms with Gasteiger partial charge in [0.1, 0.15) is 5.71 Å². The monoisotopic (exact) mass is 349 g/mol. The summed E-state index contributed by atoms with van der Waals surface area (Å²) in [5, 5.41) is 32.6. The molecule has 0 radical (unpaired) electrons. The van der Waals surface area contributed by atoms with Crippen molar-refractivity contribution in [2.45, 2.75) is 0 Å². The molecule has 2 aromatic carbocycles. The van der Waals surface area contributed by atoms with Gasteiger partial charge in [0.2, 0.25) is 0 Å². The lowest BCUT2D eigenvalue weighted by molar-refractivity contribution is 0.0954. The first-order valence-electron chi connectivity index (χ1n) is 7.66. The van der Waals surface area contributed by atoms with Gasteiger partial charge in [-0.15, -0.1) is 0 Å². The Morgan fingerprint density at radius 3 is 2.15 bits per heavy atom. The lowest BCUT2D eigenvalue weighted by atomic mass is 10.1. The van der Waals surface area contributed by atoms with E-state index in [-0.39, 0.29) is 5.56 Å². The van der Waals surface area contributed by atoms with Crippen molar-refractivity contribution in [2.75, 3.05) is 0 Å². The van der Waals surface area contributed by atoms with E-state index in [1.165, 1.54) is 0 Å². The Kier molecular flexibility index (Phi) is 4.80. The topological polar surface area (TPSA) is 115 Å². The van der Waals surface area contributed by atoms with E-state index >= 15 is 0 Å². The van der Waals surface area contributed by atoms with Crippen molar-refractivity contribution < 1.29 is 20.1 Å². The normalized spacial score (nSPS) is 11.2. The van der Waals surface area contributed by atoms with Crippen molar-refractivity contribution >= 4 is 11.6 Å². The Hall–Kier alpha value is -3.87. The third-order valence-corrected chi connectivity index (χ3v) is 3.56. The summed E-state index contributed by atoms with van der Waals surface area (Å²) < 4.78 is 0. The number of benzene rings is 2. The number of nitrogens with zero attached hydrogens (tertiary/aromatic N) is 2. The van der Waals surface area contributed by atoms with Gasteiger partial charge in [-0.1, -0.05) is 36.4 Å². The number of hydrazone groups is 1. The number of hydrogen-bond acceptors (Lipinski definition) is 6. The van der Waals surface area contributed by atoms with Crippen LogP contribution in [0.15, 0.2) is 72.0 Å². The second kappa shape index (κ2) is 7.35. The molecule has 0 bridgehead atoms. The van der Waals surface area contributed by atoms with E-state index in [1.54, 1.807) is 24.4 Å². The number of amides is 1. The Labute approximate surface area is 148 Å². The average Bonchev–Trinajstić information content (AvgIpc) is 2.67. The molecule has 0 aliphatic rings. The van der Waals surface area contributed by atoms with E-state index < -0.39 is 23.2 Å². The number of rotatable bonds is 4. The van der Waals surface area contributed by atoms with Crippen LogP contribution in [0.25, 0.3) is 0 Å². The number of pyridine rings is 1. The highest BCUT2D eigenvalue weighted by atomic mass is 16.3. The number of hydrogen-bond donors (Lipinski definition) is 4. The van der Waals surface area contributed by atoms with Crippen LogP contribution in [-0.2, 0) is 0 Å². The molecular formula is C19H15N3O4. The molecule has 1 amide bonds. The maximum Gasteiger partial charge on any atom is 0.271 e. The van der Waals surface area contributed by atoms with Crippen molar-refractivity contribution in [1.82, 2.24) is 10.4 Å². The first-order valence-corrected chi connectivity index (χ1v) is 7.66. The molecule has 3 aromatic rings. The molecule has 7 heteroatoms. The molecule has 0 unspecified atom stereocenters. The number of aromatic nitrogens is 1. The predicted molar refractivity (Wildman–Crippen MR) is 95.2 cm³/mol. The molecule has 130 valence electrons. The van der Waals surface area contributed by atoms with Crippen LogP contribution >= 0.6 is 0 Å². The molecular weight excluding hydrogens is 334 g/mol. The third-order valence-electron chi connectivity index (χ3n) is 3.56. The van der Waals surface area contributed by atoms with Crippen molar-refractivity contribution in [3.63, 3.8) is 0 Å². The van der Waals surface area contributed by atoms with Gasteiger partial charge in [0.25, 0.3) is 5.91 Å². The van der Waals surface area contributed by atoms with E-state index in [0.717, 1.165) is 17.7 Å². The summed E-state index contributed by atoms with van der Waals surface area (Å²) in [6, 6.07) is 16.6. The van der Waals surface area contributed by atoms with Crippen molar-refractivity contribution in [3.05, 3.63) is 83.7 Å². The Morgan fingerprint density at radius 2 is 1.54 bits per heavy atom. The lowest BCUT2D eigenvalue weighted by Gasteiger charge is -2.08. The highest BCUT2D eigenvalue weighted by Crippen LogP contribution is 2.35. The zero-order valence-corrected chi connectivity index (χ0v) is 13.5. The van der Waals surface area contributed by atoms with E-state index in [0.29, 0.717) is 11.4 Å². The maximum atomic E-state index is 12.3. The fraction of sp³-hybridized carbons (Fsp3) is 0. The summed E-state index contributed by atoms with van der Waals surface area (Å²) in [6.45, 7) is 0. The first-order chi connectivity index (χ1) is 12.6. The van der Waals surface area contributed by atoms with Crippen molar-refractivity contribution in [1.29, 1.82) is 0 Å². The van der Waals surface area contributed by atoms with Crippen LogP contribution < -0.4 is 5.43 Å². The zero-order valence-electron chi connectivity index (χ0n) is 13.5. The Bertz CT molecular complexity index is 893. The number of nitrogens with one attached hydrogen (secondary N) is 1. The maximum absolute atomic E-state index is 12.3. The van der Waals surface area contributed by atoms with Crippen LogP contribution in [0, 0.1) is 0 Å². The molecule has 7 nitrogen and oxygen atoms in total. The third kappa shape index (κ3) is 3.62. The second-order valence-electron chi connectivity index (χ2n) is 5.35. The summed E-state index contributed by atoms with van der Waals surface area (Å²) in [5.41, 5.74) is 4.08. The Balaban J connectivity index is 1.93. The summed E-state index contributed by atoms with van der Waals surface area (Å²) in [4.78, 5) is 16.5. The van der Waals surface area contributed by atoms with Crippen LogP contribution in [0.1, 0.15) is 21.6 Å². The lowest BCUT2D eigenvalue weighted by Crippen LogP contribution is -2.21. The smallest absolute Gasteiger partial charge is 0.271 e. The molecule has 0 saturated carbocycles. The zero-order chi connectivity index (χ0) is 18.5. The number of carbonyl (C=O) groups is 1. The van der Waals surface area contributed by atoms with Gasteiger partial charge in [-0.3, -0.25) is 9.78 Å². The molecule has 3 rings (SSSR count). The summed E-state index contributed by atoms with van der Waals surface area (Å²) >= 11 is 0. The van der Waals surface area contributed by atoms with Crippen LogP contribution in [0.2, 0.25) is 0 Å². The van der Waals surface area contributed by atoms with Crippen LogP contribution in [0.5, 0.6) is 17.2 Å². The minimum Gasteiger partial charge on any atom is -0.504 e. The van der Waals surface area contributed by atoms with Gasteiger partial charge in [0.05, 0.1) is 5.69 Å². The van der Waals surface area contributed by atoms with E-state index in [9.17, 15) is 20.1 Å². The summed E-state index contributed by atoms with van der Waals surface area (Å²) in [5.74, 6) is -2.57. The highest BCUT2D eigenvalue weighted by molar-refractivity contribution is 6.12. The van der Waals surface area contributed by atoms with E-state index in [1.807, 2.05) is 30.3 Å². The quantitative estimate of drug-likeness (QED) is 0.328. The largest absolute Gasteiger partial charge is 0.504 e. The molecule has 0 aliphatic heterocycles. The fourth-order valence-corrected chi connectivity index (χ4v) is 2.28. The van der Waals surface area contributed by atoms with Crippen molar-refractivity contribution in [3.8, 4) is 17.2 Å². The molecule has 4 N–H and O–H groups in total. The van der Waals surface area contributed by atoms with Gasteiger partial charge in [-0.05, 0) is 24.3 Å². The molecule has 0 aliphatic carbocycles. The van der Waals surface area contributed by atoms with Crippen LogP contribution in [-0.4, -0.2) is 31.9 Å². The molecule has 26 heavy (non-hydrogen) atoms. The van der Waals surface area contributed by atoms with Gasteiger partial charge in [0, 0.05) is 17.3 Å². The van der Waals surface area contributed by atoms with E-state index in [4.69, 9.17) is 0 Å². The number of phenolic OH excluding ortho intramolecular Hbond substituents is 3. The number of phenols is 3. The predicted octanol–water partition coefficient (Wildman–Crippen LogP) is 2.38. The Morgan fingerprint density at radius 1 is 0.885 bits per heavy atom. The SMILES string of the molecule is O=C(N/N=C(\c1ccccc1)c1ccccn1)c1cc(O)c(O)c(O)c1. The van der Waals surface area contributed by atoms with Gasteiger partial charge < -0.3 is 15.3 Å². The van der Waals surface area contributed by atoms with Gasteiger partial charge in [0.15, 0.2) is 17.2 Å². The molecule has 0 atom stereocenters. The van der Waals surface area contributed by atoms with Gasteiger partial charge >= 0.3 is 0 Å². The van der Waals surface area contributed by atoms with Crippen LogP contribution in [0.3, 0.4) is 0 Å². The van der Waals surface area contributed by atoms with Crippen LogP contribution in [0.4, 0.5) is 0 Å². The number of carbonyl (C=O) groups excluding carboxylic acids is 1. The minimum atomic E-state index is -0.691. The molecule has 0 fully saturated rings. The fourth-order valence-electron chi connectivity index (χ4n) is 2.28. The second-order valence-corrected chi connectivity index (χ2v) is 5.35. The van der Waals surface area contributed by atoms with E-state index in [2.05, 4.69) is 15.5 Å².